The zero-order valence-electron chi connectivity index (χ0n) is 12.1. The van der Waals surface area contributed by atoms with Crippen LogP contribution in [0.2, 0.25) is 0 Å². The van der Waals surface area contributed by atoms with E-state index in [4.69, 9.17) is 0 Å². The standard InChI is InChI=1S/C14H22N2O4S/c1-15-7-6-13(17)14(18)11-4-2-5-12(10-11)16-8-3-9-21(16,19)20/h2,4-5,10,13-15,17-18H,3,6-9H2,1H3. The van der Waals surface area contributed by atoms with Crippen molar-refractivity contribution in [1.29, 1.82) is 0 Å². The van der Waals surface area contributed by atoms with Gasteiger partial charge in [0.2, 0.25) is 10.0 Å². The van der Waals surface area contributed by atoms with Crippen molar-refractivity contribution in [2.45, 2.75) is 25.0 Å². The zero-order valence-corrected chi connectivity index (χ0v) is 12.9. The van der Waals surface area contributed by atoms with Crippen LogP contribution in [0.15, 0.2) is 24.3 Å². The Morgan fingerprint density at radius 3 is 2.76 bits per heavy atom. The number of benzene rings is 1. The van der Waals surface area contributed by atoms with E-state index in [2.05, 4.69) is 5.32 Å². The molecule has 0 aliphatic carbocycles. The summed E-state index contributed by atoms with van der Waals surface area (Å²) < 4.78 is 25.2. The van der Waals surface area contributed by atoms with Crippen LogP contribution in [-0.4, -0.2) is 50.6 Å². The van der Waals surface area contributed by atoms with Gasteiger partial charge in [0, 0.05) is 6.54 Å². The van der Waals surface area contributed by atoms with Crippen LogP contribution >= 0.6 is 0 Å². The molecular weight excluding hydrogens is 292 g/mol. The van der Waals surface area contributed by atoms with Gasteiger partial charge in [0.15, 0.2) is 0 Å². The second-order valence-corrected chi connectivity index (χ2v) is 7.25. The lowest BCUT2D eigenvalue weighted by molar-refractivity contribution is 0.0140. The highest BCUT2D eigenvalue weighted by atomic mass is 32.2. The molecule has 2 atom stereocenters. The molecule has 0 radical (unpaired) electrons. The van der Waals surface area contributed by atoms with Crippen LogP contribution in [0.4, 0.5) is 5.69 Å². The summed E-state index contributed by atoms with van der Waals surface area (Å²) in [4.78, 5) is 0. The van der Waals surface area contributed by atoms with E-state index < -0.39 is 22.2 Å². The highest BCUT2D eigenvalue weighted by Crippen LogP contribution is 2.28. The van der Waals surface area contributed by atoms with Crippen molar-refractivity contribution >= 4 is 15.7 Å². The first-order valence-electron chi connectivity index (χ1n) is 7.07. The van der Waals surface area contributed by atoms with Gasteiger partial charge in [-0.25, -0.2) is 8.42 Å². The fourth-order valence-corrected chi connectivity index (χ4v) is 4.02. The summed E-state index contributed by atoms with van der Waals surface area (Å²) in [6.45, 7) is 1.06. The summed E-state index contributed by atoms with van der Waals surface area (Å²) in [6.07, 6.45) is -0.879. The van der Waals surface area contributed by atoms with Crippen molar-refractivity contribution in [2.24, 2.45) is 0 Å². The Morgan fingerprint density at radius 1 is 1.38 bits per heavy atom. The average molecular weight is 314 g/mol. The normalized spacial score (nSPS) is 20.4. The largest absolute Gasteiger partial charge is 0.390 e. The van der Waals surface area contributed by atoms with Crippen LogP contribution in [0.3, 0.4) is 0 Å². The SMILES string of the molecule is CNCCC(O)C(O)c1cccc(N2CCCS2(=O)=O)c1. The van der Waals surface area contributed by atoms with Crippen molar-refractivity contribution in [2.75, 3.05) is 30.2 Å². The molecule has 1 aliphatic heterocycles. The lowest BCUT2D eigenvalue weighted by Gasteiger charge is -2.21. The Hall–Kier alpha value is -1.15. The van der Waals surface area contributed by atoms with Crippen molar-refractivity contribution in [3.63, 3.8) is 0 Å². The third kappa shape index (κ3) is 3.74. The number of sulfonamides is 1. The van der Waals surface area contributed by atoms with Crippen molar-refractivity contribution in [3.8, 4) is 0 Å². The smallest absolute Gasteiger partial charge is 0.235 e. The number of aliphatic hydroxyl groups excluding tert-OH is 2. The lowest BCUT2D eigenvalue weighted by atomic mass is 10.0. The van der Waals surface area contributed by atoms with Gasteiger partial charge < -0.3 is 15.5 Å². The first-order valence-corrected chi connectivity index (χ1v) is 8.68. The molecule has 1 fully saturated rings. The van der Waals surface area contributed by atoms with E-state index in [1.54, 1.807) is 31.3 Å². The van der Waals surface area contributed by atoms with Gasteiger partial charge in [-0.1, -0.05) is 12.1 Å². The first kappa shape index (κ1) is 16.2. The molecule has 1 heterocycles. The van der Waals surface area contributed by atoms with Crippen molar-refractivity contribution in [1.82, 2.24) is 5.32 Å². The van der Waals surface area contributed by atoms with Crippen molar-refractivity contribution < 1.29 is 18.6 Å². The molecule has 7 heteroatoms. The minimum Gasteiger partial charge on any atom is -0.390 e. The van der Waals surface area contributed by atoms with E-state index in [1.807, 2.05) is 0 Å². The minimum absolute atomic E-state index is 0.157. The first-order chi connectivity index (χ1) is 9.95. The van der Waals surface area contributed by atoms with Crippen LogP contribution in [0.1, 0.15) is 24.5 Å². The number of nitrogens with zero attached hydrogens (tertiary/aromatic N) is 1. The summed E-state index contributed by atoms with van der Waals surface area (Å²) in [5.74, 6) is 0.157. The third-order valence-corrected chi connectivity index (χ3v) is 5.52. The Labute approximate surface area is 125 Å². The summed E-state index contributed by atoms with van der Waals surface area (Å²) in [5.41, 5.74) is 1.07. The molecule has 3 N–H and O–H groups in total. The number of nitrogens with one attached hydrogen (secondary N) is 1. The van der Waals surface area contributed by atoms with E-state index in [9.17, 15) is 18.6 Å². The van der Waals surface area contributed by atoms with Crippen LogP contribution in [0, 0.1) is 0 Å². The molecule has 0 bridgehead atoms. The predicted octanol–water partition coefficient (Wildman–Crippen LogP) is 0.230. The maximum Gasteiger partial charge on any atom is 0.235 e. The Morgan fingerprint density at radius 2 is 2.14 bits per heavy atom. The molecule has 0 amide bonds. The maximum absolute atomic E-state index is 11.9. The summed E-state index contributed by atoms with van der Waals surface area (Å²) in [5, 5.41) is 23.0. The Balaban J connectivity index is 2.18. The van der Waals surface area contributed by atoms with Gasteiger partial charge in [0.1, 0.15) is 6.10 Å². The number of anilines is 1. The summed E-state index contributed by atoms with van der Waals surface area (Å²) in [6, 6.07) is 6.74. The van der Waals surface area contributed by atoms with Gasteiger partial charge in [0.25, 0.3) is 0 Å². The second kappa shape index (κ2) is 6.74. The van der Waals surface area contributed by atoms with E-state index in [-0.39, 0.29) is 5.75 Å². The van der Waals surface area contributed by atoms with Crippen LogP contribution in [0.25, 0.3) is 0 Å². The summed E-state index contributed by atoms with van der Waals surface area (Å²) >= 11 is 0. The van der Waals surface area contributed by atoms with Gasteiger partial charge in [-0.3, -0.25) is 4.31 Å². The van der Waals surface area contributed by atoms with E-state index >= 15 is 0 Å². The van der Waals surface area contributed by atoms with Crippen LogP contribution in [0.5, 0.6) is 0 Å². The number of aliphatic hydroxyl groups is 2. The monoisotopic (exact) mass is 314 g/mol. The zero-order chi connectivity index (χ0) is 15.5. The minimum atomic E-state index is -3.24. The second-order valence-electron chi connectivity index (χ2n) is 5.24. The Bertz CT molecular complexity index is 576. The number of hydrogen-bond donors (Lipinski definition) is 3. The highest BCUT2D eigenvalue weighted by molar-refractivity contribution is 7.93. The van der Waals surface area contributed by atoms with Gasteiger partial charge in [-0.2, -0.15) is 0 Å². The van der Waals surface area contributed by atoms with E-state index in [0.29, 0.717) is 37.2 Å². The predicted molar refractivity (Wildman–Crippen MR) is 81.7 cm³/mol. The quantitative estimate of drug-likeness (QED) is 0.699. The lowest BCUT2D eigenvalue weighted by Crippen LogP contribution is -2.26. The topological polar surface area (TPSA) is 89.9 Å². The molecule has 1 aromatic carbocycles. The molecular formula is C14H22N2O4S. The molecule has 21 heavy (non-hydrogen) atoms. The van der Waals surface area contributed by atoms with Crippen molar-refractivity contribution in [3.05, 3.63) is 29.8 Å². The molecule has 118 valence electrons. The molecule has 1 aliphatic rings. The van der Waals surface area contributed by atoms with Gasteiger partial charge in [-0.05, 0) is 44.1 Å². The maximum atomic E-state index is 11.9. The molecule has 2 rings (SSSR count). The van der Waals surface area contributed by atoms with Crippen LogP contribution in [-0.2, 0) is 10.0 Å². The van der Waals surface area contributed by atoms with Gasteiger partial charge in [0.05, 0.1) is 17.5 Å². The molecule has 6 nitrogen and oxygen atoms in total. The van der Waals surface area contributed by atoms with Crippen LogP contribution < -0.4 is 9.62 Å². The molecule has 0 aromatic heterocycles. The molecule has 2 unspecified atom stereocenters. The highest BCUT2D eigenvalue weighted by Gasteiger charge is 2.29. The number of rotatable bonds is 6. The average Bonchev–Trinajstić information content (AvgIpc) is 2.83. The molecule has 1 aromatic rings. The van der Waals surface area contributed by atoms with Gasteiger partial charge in [-0.15, -0.1) is 0 Å². The fraction of sp³-hybridized carbons (Fsp3) is 0.571. The Kier molecular flexibility index (Phi) is 5.21. The van der Waals surface area contributed by atoms with E-state index in [0.717, 1.165) is 0 Å². The molecule has 0 spiro atoms. The fourth-order valence-electron chi connectivity index (χ4n) is 2.47. The summed E-state index contributed by atoms with van der Waals surface area (Å²) in [7, 11) is -1.46. The van der Waals surface area contributed by atoms with Gasteiger partial charge >= 0.3 is 0 Å². The van der Waals surface area contributed by atoms with E-state index in [1.165, 1.54) is 4.31 Å². The molecule has 0 saturated carbocycles. The number of hydrogen-bond acceptors (Lipinski definition) is 5. The third-order valence-electron chi connectivity index (χ3n) is 3.65. The molecule has 1 saturated heterocycles.